The van der Waals surface area contributed by atoms with Crippen LogP contribution in [0.15, 0.2) is 12.4 Å². The molecule has 1 aromatic rings. The van der Waals surface area contributed by atoms with Gasteiger partial charge in [0.15, 0.2) is 0 Å². The molecule has 0 bridgehead atoms. The molecule has 154 valence electrons. The van der Waals surface area contributed by atoms with Gasteiger partial charge in [0.1, 0.15) is 18.8 Å². The van der Waals surface area contributed by atoms with Crippen LogP contribution in [0.4, 0.5) is 10.6 Å². The van der Waals surface area contributed by atoms with Crippen molar-refractivity contribution in [3.05, 3.63) is 18.1 Å². The summed E-state index contributed by atoms with van der Waals surface area (Å²) in [4.78, 5) is 37.0. The molecule has 2 fully saturated rings. The first kappa shape index (κ1) is 20.6. The SMILES string of the molecule is CC(C)C1COC(=O)N1c1cc(CC2CCN(C(=O)C(C)(C)C)CC2)ncn1. The maximum Gasteiger partial charge on any atom is 0.415 e. The highest BCUT2D eigenvalue weighted by Crippen LogP contribution is 2.28. The van der Waals surface area contributed by atoms with Gasteiger partial charge >= 0.3 is 6.09 Å². The van der Waals surface area contributed by atoms with Crippen LogP contribution in [0.25, 0.3) is 0 Å². The second kappa shape index (κ2) is 8.05. The van der Waals surface area contributed by atoms with Gasteiger partial charge < -0.3 is 9.64 Å². The lowest BCUT2D eigenvalue weighted by Gasteiger charge is -2.35. The van der Waals surface area contributed by atoms with E-state index in [9.17, 15) is 9.59 Å². The summed E-state index contributed by atoms with van der Waals surface area (Å²) in [6.07, 6.45) is 3.98. The first-order valence-corrected chi connectivity index (χ1v) is 10.2. The minimum Gasteiger partial charge on any atom is -0.447 e. The fraction of sp³-hybridized carbons (Fsp3) is 0.714. The normalized spacial score (nSPS) is 21.4. The quantitative estimate of drug-likeness (QED) is 0.791. The summed E-state index contributed by atoms with van der Waals surface area (Å²) in [6.45, 7) is 12.1. The van der Waals surface area contributed by atoms with Crippen LogP contribution in [0.5, 0.6) is 0 Å². The van der Waals surface area contributed by atoms with E-state index in [1.165, 1.54) is 6.33 Å². The summed E-state index contributed by atoms with van der Waals surface area (Å²) in [5.74, 6) is 1.61. The molecule has 3 heterocycles. The number of carbonyl (C=O) groups is 2. The number of rotatable bonds is 4. The topological polar surface area (TPSA) is 75.6 Å². The van der Waals surface area contributed by atoms with Gasteiger partial charge in [-0.2, -0.15) is 0 Å². The Morgan fingerprint density at radius 3 is 2.54 bits per heavy atom. The number of likely N-dealkylation sites (tertiary alicyclic amines) is 1. The predicted octanol–water partition coefficient (Wildman–Crippen LogP) is 3.29. The lowest BCUT2D eigenvalue weighted by molar-refractivity contribution is -0.140. The standard InChI is InChI=1S/C21H32N4O3/c1-14(2)17-12-28-20(27)25(17)18-11-16(22-13-23-18)10-15-6-8-24(9-7-15)19(26)21(3,4)5/h11,13-15,17H,6-10,12H2,1-5H3. The van der Waals surface area contributed by atoms with E-state index in [-0.39, 0.29) is 29.4 Å². The van der Waals surface area contributed by atoms with Gasteiger partial charge in [-0.15, -0.1) is 0 Å². The van der Waals surface area contributed by atoms with E-state index in [1.54, 1.807) is 4.90 Å². The molecule has 7 nitrogen and oxygen atoms in total. The molecule has 1 unspecified atom stereocenters. The molecular formula is C21H32N4O3. The molecule has 0 spiro atoms. The van der Waals surface area contributed by atoms with Gasteiger partial charge in [0.2, 0.25) is 5.91 Å². The monoisotopic (exact) mass is 388 g/mol. The Hall–Kier alpha value is -2.18. The Morgan fingerprint density at radius 1 is 1.25 bits per heavy atom. The van der Waals surface area contributed by atoms with E-state index in [2.05, 4.69) is 23.8 Å². The summed E-state index contributed by atoms with van der Waals surface area (Å²) >= 11 is 0. The lowest BCUT2D eigenvalue weighted by atomic mass is 9.89. The molecule has 0 N–H and O–H groups in total. The molecular weight excluding hydrogens is 356 g/mol. The van der Waals surface area contributed by atoms with Gasteiger partial charge in [-0.05, 0) is 31.1 Å². The average Bonchev–Trinajstić information content (AvgIpc) is 3.03. The largest absolute Gasteiger partial charge is 0.447 e. The number of carbonyl (C=O) groups excluding carboxylic acids is 2. The third-order valence-electron chi connectivity index (χ3n) is 5.67. The van der Waals surface area contributed by atoms with Crippen molar-refractivity contribution < 1.29 is 14.3 Å². The van der Waals surface area contributed by atoms with Gasteiger partial charge in [-0.3, -0.25) is 9.69 Å². The summed E-state index contributed by atoms with van der Waals surface area (Å²) in [5.41, 5.74) is 0.610. The Kier molecular flexibility index (Phi) is 5.91. The zero-order chi connectivity index (χ0) is 20.5. The number of aromatic nitrogens is 2. The molecule has 0 aliphatic carbocycles. The van der Waals surface area contributed by atoms with Crippen molar-refractivity contribution >= 4 is 17.8 Å². The Balaban J connectivity index is 1.63. The summed E-state index contributed by atoms with van der Waals surface area (Å²) in [7, 11) is 0. The smallest absolute Gasteiger partial charge is 0.415 e. The second-order valence-corrected chi connectivity index (χ2v) is 9.32. The van der Waals surface area contributed by atoms with Crippen LogP contribution in [0, 0.1) is 17.3 Å². The second-order valence-electron chi connectivity index (χ2n) is 9.32. The van der Waals surface area contributed by atoms with Gasteiger partial charge in [0.25, 0.3) is 0 Å². The van der Waals surface area contributed by atoms with Crippen LogP contribution in [-0.4, -0.2) is 52.6 Å². The molecule has 28 heavy (non-hydrogen) atoms. The van der Waals surface area contributed by atoms with Gasteiger partial charge in [0, 0.05) is 30.3 Å². The van der Waals surface area contributed by atoms with Crippen molar-refractivity contribution in [3.63, 3.8) is 0 Å². The molecule has 1 atom stereocenters. The Labute approximate surface area is 167 Å². The average molecular weight is 389 g/mol. The lowest BCUT2D eigenvalue weighted by Crippen LogP contribution is -2.44. The summed E-state index contributed by atoms with van der Waals surface area (Å²) in [6, 6.07) is 1.91. The zero-order valence-corrected chi connectivity index (χ0v) is 17.6. The minimum absolute atomic E-state index is 0.00176. The highest BCUT2D eigenvalue weighted by molar-refractivity contribution is 5.89. The molecule has 2 saturated heterocycles. The first-order chi connectivity index (χ1) is 13.2. The Bertz CT molecular complexity index is 721. The zero-order valence-electron chi connectivity index (χ0n) is 17.6. The van der Waals surface area contributed by atoms with E-state index < -0.39 is 0 Å². The summed E-state index contributed by atoms with van der Waals surface area (Å²) in [5, 5.41) is 0. The highest BCUT2D eigenvalue weighted by atomic mass is 16.6. The number of hydrogen-bond acceptors (Lipinski definition) is 5. The molecule has 2 aliphatic rings. The Morgan fingerprint density at radius 2 is 1.93 bits per heavy atom. The molecule has 0 radical (unpaired) electrons. The van der Waals surface area contributed by atoms with Crippen molar-refractivity contribution in [1.82, 2.24) is 14.9 Å². The van der Waals surface area contributed by atoms with Gasteiger partial charge in [-0.25, -0.2) is 14.8 Å². The number of nitrogens with zero attached hydrogens (tertiary/aromatic N) is 4. The summed E-state index contributed by atoms with van der Waals surface area (Å²) < 4.78 is 5.23. The molecule has 7 heteroatoms. The van der Waals surface area contributed by atoms with Gasteiger partial charge in [-0.1, -0.05) is 34.6 Å². The van der Waals surface area contributed by atoms with E-state index in [4.69, 9.17) is 4.74 Å². The third kappa shape index (κ3) is 4.45. The molecule has 3 rings (SSSR count). The van der Waals surface area contributed by atoms with E-state index >= 15 is 0 Å². The number of piperidine rings is 1. The maximum atomic E-state index is 12.4. The van der Waals surface area contributed by atoms with Crippen molar-refractivity contribution in [2.45, 2.75) is 59.9 Å². The van der Waals surface area contributed by atoms with Crippen molar-refractivity contribution in [1.29, 1.82) is 0 Å². The van der Waals surface area contributed by atoms with E-state index in [1.807, 2.05) is 31.7 Å². The molecule has 0 aromatic carbocycles. The number of anilines is 1. The fourth-order valence-electron chi connectivity index (χ4n) is 3.93. The fourth-order valence-corrected chi connectivity index (χ4v) is 3.93. The highest BCUT2D eigenvalue weighted by Gasteiger charge is 2.37. The van der Waals surface area contributed by atoms with Crippen molar-refractivity contribution in [3.8, 4) is 0 Å². The minimum atomic E-state index is -0.336. The van der Waals surface area contributed by atoms with Crippen LogP contribution in [0.2, 0.25) is 0 Å². The van der Waals surface area contributed by atoms with Crippen LogP contribution in [0.1, 0.15) is 53.2 Å². The molecule has 2 aliphatic heterocycles. The van der Waals surface area contributed by atoms with E-state index in [0.717, 1.165) is 38.0 Å². The molecule has 1 aromatic heterocycles. The van der Waals surface area contributed by atoms with Crippen LogP contribution in [-0.2, 0) is 16.0 Å². The van der Waals surface area contributed by atoms with Crippen molar-refractivity contribution in [2.75, 3.05) is 24.6 Å². The predicted molar refractivity (Wildman–Crippen MR) is 107 cm³/mol. The van der Waals surface area contributed by atoms with Gasteiger partial charge in [0.05, 0.1) is 6.04 Å². The number of hydrogen-bond donors (Lipinski definition) is 0. The van der Waals surface area contributed by atoms with Crippen LogP contribution in [0.3, 0.4) is 0 Å². The van der Waals surface area contributed by atoms with Crippen LogP contribution >= 0.6 is 0 Å². The molecule has 2 amide bonds. The van der Waals surface area contributed by atoms with E-state index in [0.29, 0.717) is 18.3 Å². The number of cyclic esters (lactones) is 1. The molecule has 0 saturated carbocycles. The number of amides is 2. The third-order valence-corrected chi connectivity index (χ3v) is 5.67. The maximum absolute atomic E-state index is 12.4. The van der Waals surface area contributed by atoms with Crippen molar-refractivity contribution in [2.24, 2.45) is 17.3 Å². The first-order valence-electron chi connectivity index (χ1n) is 10.2. The number of ether oxygens (including phenoxy) is 1. The van der Waals surface area contributed by atoms with Crippen LogP contribution < -0.4 is 4.90 Å².